The normalized spacial score (nSPS) is 21.4. The van der Waals surface area contributed by atoms with Gasteiger partial charge in [0.1, 0.15) is 0 Å². The molecule has 100 valence electrons. The quantitative estimate of drug-likeness (QED) is 0.906. The summed E-state index contributed by atoms with van der Waals surface area (Å²) in [7, 11) is -3.50. The summed E-state index contributed by atoms with van der Waals surface area (Å²) in [6.07, 6.45) is 1.67. The third-order valence-corrected chi connectivity index (χ3v) is 6.24. The second-order valence-corrected chi connectivity index (χ2v) is 7.37. The van der Waals surface area contributed by atoms with Crippen molar-refractivity contribution in [3.05, 3.63) is 27.7 Å². The van der Waals surface area contributed by atoms with Crippen LogP contribution in [0.15, 0.2) is 27.6 Å². The molecule has 0 bridgehead atoms. The number of halogens is 2. The lowest BCUT2D eigenvalue weighted by Crippen LogP contribution is -2.39. The molecule has 4 nitrogen and oxygen atoms in total. The van der Waals surface area contributed by atoms with Crippen molar-refractivity contribution in [2.75, 3.05) is 13.1 Å². The molecule has 1 aromatic carbocycles. The van der Waals surface area contributed by atoms with E-state index >= 15 is 0 Å². The molecule has 1 atom stereocenters. The Hall–Kier alpha value is -0.140. The first-order valence-corrected chi connectivity index (χ1v) is 8.25. The van der Waals surface area contributed by atoms with Gasteiger partial charge in [0.05, 0.1) is 4.90 Å². The summed E-state index contributed by atoms with van der Waals surface area (Å²) >= 11 is 9.07. The molecular formula is C11H14BrClN2O2S. The molecule has 0 saturated carbocycles. The topological polar surface area (TPSA) is 63.4 Å². The molecule has 2 N–H and O–H groups in total. The summed E-state index contributed by atoms with van der Waals surface area (Å²) in [5.41, 5.74) is 5.62. The molecule has 0 amide bonds. The van der Waals surface area contributed by atoms with Gasteiger partial charge in [-0.1, -0.05) is 11.6 Å². The summed E-state index contributed by atoms with van der Waals surface area (Å²) in [6.45, 7) is 0.879. The highest BCUT2D eigenvalue weighted by molar-refractivity contribution is 9.10. The molecule has 2 rings (SSSR count). The predicted molar refractivity (Wildman–Crippen MR) is 75.1 cm³/mol. The summed E-state index contributed by atoms with van der Waals surface area (Å²) in [6, 6.07) is 4.58. The molecule has 1 saturated heterocycles. The zero-order valence-electron chi connectivity index (χ0n) is 9.64. The van der Waals surface area contributed by atoms with Gasteiger partial charge in [-0.25, -0.2) is 8.42 Å². The lowest BCUT2D eigenvalue weighted by molar-refractivity contribution is 0.393. The van der Waals surface area contributed by atoms with Gasteiger partial charge in [-0.2, -0.15) is 4.31 Å². The van der Waals surface area contributed by atoms with E-state index in [4.69, 9.17) is 17.3 Å². The van der Waals surface area contributed by atoms with Crippen LogP contribution in [0.4, 0.5) is 0 Å². The molecule has 1 unspecified atom stereocenters. The predicted octanol–water partition coefficient (Wildman–Crippen LogP) is 2.21. The van der Waals surface area contributed by atoms with Crippen molar-refractivity contribution in [3.63, 3.8) is 0 Å². The first kappa shape index (κ1) is 14.3. The third-order valence-electron chi connectivity index (χ3n) is 3.08. The number of sulfonamides is 1. The molecule has 7 heteroatoms. The van der Waals surface area contributed by atoms with E-state index in [0.717, 1.165) is 12.8 Å². The molecule has 1 heterocycles. The molecule has 0 aromatic heterocycles. The molecule has 1 aliphatic rings. The van der Waals surface area contributed by atoms with Crippen molar-refractivity contribution in [2.24, 2.45) is 5.73 Å². The van der Waals surface area contributed by atoms with E-state index in [2.05, 4.69) is 15.9 Å². The molecule has 18 heavy (non-hydrogen) atoms. The van der Waals surface area contributed by atoms with E-state index < -0.39 is 10.0 Å². The Morgan fingerprint density at radius 2 is 2.22 bits per heavy atom. The van der Waals surface area contributed by atoms with E-state index in [1.807, 2.05) is 0 Å². The highest BCUT2D eigenvalue weighted by Crippen LogP contribution is 2.31. The SMILES string of the molecule is NCC1CCCN1S(=O)(=O)c1ccc(Cl)cc1Br. The average Bonchev–Trinajstić information content (AvgIpc) is 2.76. The van der Waals surface area contributed by atoms with Gasteiger partial charge in [-0.3, -0.25) is 0 Å². The monoisotopic (exact) mass is 352 g/mol. The summed E-state index contributed by atoms with van der Waals surface area (Å²) in [5, 5.41) is 0.498. The molecule has 1 fully saturated rings. The van der Waals surface area contributed by atoms with Crippen LogP contribution in [-0.2, 0) is 10.0 Å². The smallest absolute Gasteiger partial charge is 0.244 e. The Morgan fingerprint density at radius 1 is 1.50 bits per heavy atom. The van der Waals surface area contributed by atoms with Crippen molar-refractivity contribution >= 4 is 37.6 Å². The largest absolute Gasteiger partial charge is 0.329 e. The van der Waals surface area contributed by atoms with Gasteiger partial charge in [0.25, 0.3) is 0 Å². The minimum absolute atomic E-state index is 0.0995. The Morgan fingerprint density at radius 3 is 2.83 bits per heavy atom. The zero-order valence-corrected chi connectivity index (χ0v) is 12.8. The van der Waals surface area contributed by atoms with Crippen molar-refractivity contribution in [3.8, 4) is 0 Å². The minimum Gasteiger partial charge on any atom is -0.329 e. The maximum absolute atomic E-state index is 12.5. The van der Waals surface area contributed by atoms with Gasteiger partial charge in [0.2, 0.25) is 10.0 Å². The second kappa shape index (κ2) is 5.46. The van der Waals surface area contributed by atoms with Crippen LogP contribution in [0.2, 0.25) is 5.02 Å². The Labute approximate surface area is 120 Å². The third kappa shape index (κ3) is 2.58. The molecule has 0 aliphatic carbocycles. The van der Waals surface area contributed by atoms with Crippen LogP contribution in [-0.4, -0.2) is 31.9 Å². The summed E-state index contributed by atoms with van der Waals surface area (Å²) in [4.78, 5) is 0.243. The van der Waals surface area contributed by atoms with Crippen LogP contribution in [0, 0.1) is 0 Å². The van der Waals surface area contributed by atoms with Crippen LogP contribution in [0.25, 0.3) is 0 Å². The Bertz CT molecular complexity index is 550. The maximum Gasteiger partial charge on any atom is 0.244 e. The van der Waals surface area contributed by atoms with Crippen LogP contribution < -0.4 is 5.73 Å². The lowest BCUT2D eigenvalue weighted by Gasteiger charge is -2.23. The molecule has 0 spiro atoms. The van der Waals surface area contributed by atoms with E-state index in [9.17, 15) is 8.42 Å². The molecule has 1 aromatic rings. The number of hydrogen-bond acceptors (Lipinski definition) is 3. The highest BCUT2D eigenvalue weighted by Gasteiger charge is 2.35. The van der Waals surface area contributed by atoms with E-state index in [1.54, 1.807) is 12.1 Å². The van der Waals surface area contributed by atoms with Crippen LogP contribution in [0.5, 0.6) is 0 Å². The number of benzene rings is 1. The van der Waals surface area contributed by atoms with E-state index in [0.29, 0.717) is 22.6 Å². The maximum atomic E-state index is 12.5. The van der Waals surface area contributed by atoms with Gasteiger partial charge in [-0.05, 0) is 47.0 Å². The van der Waals surface area contributed by atoms with Crippen molar-refractivity contribution < 1.29 is 8.42 Å². The average molecular weight is 354 g/mol. The molecular weight excluding hydrogens is 340 g/mol. The second-order valence-electron chi connectivity index (χ2n) is 4.22. The first-order chi connectivity index (χ1) is 8.46. The highest BCUT2D eigenvalue weighted by atomic mass is 79.9. The molecule has 1 aliphatic heterocycles. The Kier molecular flexibility index (Phi) is 4.33. The van der Waals surface area contributed by atoms with Crippen molar-refractivity contribution in [1.29, 1.82) is 0 Å². The number of nitrogens with zero attached hydrogens (tertiary/aromatic N) is 1. The van der Waals surface area contributed by atoms with Crippen molar-refractivity contribution in [1.82, 2.24) is 4.31 Å². The fourth-order valence-electron chi connectivity index (χ4n) is 2.17. The van der Waals surface area contributed by atoms with E-state index in [1.165, 1.54) is 10.4 Å². The van der Waals surface area contributed by atoms with Crippen LogP contribution in [0.1, 0.15) is 12.8 Å². The summed E-state index contributed by atoms with van der Waals surface area (Å²) in [5.74, 6) is 0. The lowest BCUT2D eigenvalue weighted by atomic mass is 10.2. The van der Waals surface area contributed by atoms with Crippen LogP contribution >= 0.6 is 27.5 Å². The fraction of sp³-hybridized carbons (Fsp3) is 0.455. The van der Waals surface area contributed by atoms with Gasteiger partial charge < -0.3 is 5.73 Å². The van der Waals surface area contributed by atoms with Gasteiger partial charge in [0.15, 0.2) is 0 Å². The standard InChI is InChI=1S/C11H14BrClN2O2S/c12-10-6-8(13)3-4-11(10)18(16,17)15-5-1-2-9(15)7-14/h3-4,6,9H,1-2,5,7,14H2. The molecule has 0 radical (unpaired) electrons. The van der Waals surface area contributed by atoms with Crippen LogP contribution in [0.3, 0.4) is 0 Å². The van der Waals surface area contributed by atoms with E-state index in [-0.39, 0.29) is 10.9 Å². The zero-order chi connectivity index (χ0) is 13.3. The number of nitrogens with two attached hydrogens (primary N) is 1. The first-order valence-electron chi connectivity index (χ1n) is 5.64. The Balaban J connectivity index is 2.42. The minimum atomic E-state index is -3.50. The summed E-state index contributed by atoms with van der Waals surface area (Å²) < 4.78 is 27.0. The van der Waals surface area contributed by atoms with Gasteiger partial charge in [0, 0.05) is 28.6 Å². The fourth-order valence-corrected chi connectivity index (χ4v) is 5.22. The van der Waals surface area contributed by atoms with Crippen molar-refractivity contribution in [2.45, 2.75) is 23.8 Å². The van der Waals surface area contributed by atoms with Gasteiger partial charge in [-0.15, -0.1) is 0 Å². The number of rotatable bonds is 3. The van der Waals surface area contributed by atoms with Gasteiger partial charge >= 0.3 is 0 Å². The number of hydrogen-bond donors (Lipinski definition) is 1.